The Hall–Kier alpha value is -4.14. The summed E-state index contributed by atoms with van der Waals surface area (Å²) in [5.74, 6) is -0.459. The molecular weight excluding hydrogens is 460 g/mol. The smallest absolute Gasteiger partial charge is 0.323 e. The van der Waals surface area contributed by atoms with Crippen LogP contribution in [0.2, 0.25) is 0 Å². The van der Waals surface area contributed by atoms with E-state index in [0.717, 1.165) is 16.8 Å². The second-order valence-electron chi connectivity index (χ2n) is 9.08. The Bertz CT molecular complexity index is 1190. The predicted octanol–water partition coefficient (Wildman–Crippen LogP) is 5.09. The first-order valence-electron chi connectivity index (χ1n) is 11.9. The molecule has 0 saturated carbocycles. The number of amides is 3. The molecule has 0 fully saturated rings. The van der Waals surface area contributed by atoms with E-state index in [1.807, 2.05) is 45.0 Å². The molecular formula is C27H32N4O5. The molecule has 0 spiro atoms. The first-order valence-corrected chi connectivity index (χ1v) is 11.9. The fourth-order valence-electron chi connectivity index (χ4n) is 3.67. The minimum absolute atomic E-state index is 0.0699. The third kappa shape index (κ3) is 8.26. The van der Waals surface area contributed by atoms with Gasteiger partial charge in [0.1, 0.15) is 12.0 Å². The molecule has 0 radical (unpaired) electrons. The highest BCUT2D eigenvalue weighted by Gasteiger charge is 2.20. The summed E-state index contributed by atoms with van der Waals surface area (Å²) in [5, 5.41) is 17.5. The van der Waals surface area contributed by atoms with Crippen molar-refractivity contribution in [2.75, 3.05) is 10.6 Å². The third-order valence-electron chi connectivity index (χ3n) is 5.49. The number of aliphatic carboxylic acids is 1. The van der Waals surface area contributed by atoms with Crippen molar-refractivity contribution in [3.8, 4) is 0 Å². The van der Waals surface area contributed by atoms with E-state index in [4.69, 9.17) is 9.52 Å². The van der Waals surface area contributed by atoms with Crippen LogP contribution in [-0.2, 0) is 22.4 Å². The van der Waals surface area contributed by atoms with Crippen LogP contribution < -0.4 is 16.0 Å². The number of aryl methyl sites for hydroxylation is 2. The van der Waals surface area contributed by atoms with Gasteiger partial charge in [-0.2, -0.15) is 0 Å². The average molecular weight is 493 g/mol. The molecule has 1 heterocycles. The molecule has 0 bridgehead atoms. The van der Waals surface area contributed by atoms with E-state index in [-0.39, 0.29) is 37.2 Å². The number of carboxylic acid groups (broad SMARTS) is 1. The number of benzene rings is 2. The number of anilines is 2. The molecule has 3 amide bonds. The van der Waals surface area contributed by atoms with E-state index in [0.29, 0.717) is 29.6 Å². The van der Waals surface area contributed by atoms with E-state index in [2.05, 4.69) is 20.9 Å². The lowest BCUT2D eigenvalue weighted by atomic mass is 10.0. The summed E-state index contributed by atoms with van der Waals surface area (Å²) in [6, 6.07) is 13.9. The first-order chi connectivity index (χ1) is 17.2. The summed E-state index contributed by atoms with van der Waals surface area (Å²) < 4.78 is 5.40. The summed E-state index contributed by atoms with van der Waals surface area (Å²) in [7, 11) is 0. The van der Waals surface area contributed by atoms with Crippen molar-refractivity contribution in [2.45, 2.75) is 52.5 Å². The van der Waals surface area contributed by atoms with Gasteiger partial charge in [-0.05, 0) is 48.6 Å². The number of carbonyl (C=O) groups is 3. The molecule has 0 aliphatic heterocycles. The van der Waals surface area contributed by atoms with Crippen LogP contribution >= 0.6 is 0 Å². The van der Waals surface area contributed by atoms with Crippen molar-refractivity contribution in [1.82, 2.24) is 10.3 Å². The Morgan fingerprint density at radius 3 is 2.42 bits per heavy atom. The van der Waals surface area contributed by atoms with Crippen LogP contribution in [0.25, 0.3) is 0 Å². The number of oxazole rings is 1. The number of carboxylic acids is 1. The molecule has 1 unspecified atom stereocenters. The second-order valence-corrected chi connectivity index (χ2v) is 9.08. The predicted molar refractivity (Wildman–Crippen MR) is 137 cm³/mol. The van der Waals surface area contributed by atoms with Gasteiger partial charge in [0.15, 0.2) is 5.89 Å². The maximum Gasteiger partial charge on any atom is 0.323 e. The first kappa shape index (κ1) is 26.5. The van der Waals surface area contributed by atoms with E-state index >= 15 is 0 Å². The molecule has 0 aliphatic carbocycles. The topological polar surface area (TPSA) is 134 Å². The minimum Gasteiger partial charge on any atom is -0.481 e. The van der Waals surface area contributed by atoms with Crippen molar-refractivity contribution < 1.29 is 23.9 Å². The van der Waals surface area contributed by atoms with Gasteiger partial charge in [0.25, 0.3) is 0 Å². The molecule has 3 aromatic rings. The molecule has 2 aromatic carbocycles. The zero-order chi connectivity index (χ0) is 26.1. The van der Waals surface area contributed by atoms with Crippen molar-refractivity contribution in [1.29, 1.82) is 0 Å². The maximum absolute atomic E-state index is 12.8. The number of nitrogens with one attached hydrogen (secondary N) is 3. The highest BCUT2D eigenvalue weighted by molar-refractivity contribution is 6.00. The standard InChI is InChI=1S/C27H32N4O5/c1-17(2)14-22(23-16-36-25(30-23)12-13-26(33)34)29-24(32)15-19-8-10-20(11-9-19)28-27(35)31-21-7-5-4-6-18(21)3/h4-11,16-17,22H,12-15H2,1-3H3,(H,29,32)(H,33,34)(H2,28,31,35). The summed E-state index contributed by atoms with van der Waals surface area (Å²) >= 11 is 0. The van der Waals surface area contributed by atoms with Crippen molar-refractivity contribution in [3.05, 3.63) is 77.5 Å². The van der Waals surface area contributed by atoms with E-state index < -0.39 is 5.97 Å². The number of carbonyl (C=O) groups excluding carboxylic acids is 2. The van der Waals surface area contributed by atoms with Crippen LogP contribution in [0.5, 0.6) is 0 Å². The number of aromatic nitrogens is 1. The van der Waals surface area contributed by atoms with Crippen LogP contribution in [-0.4, -0.2) is 28.0 Å². The van der Waals surface area contributed by atoms with E-state index in [1.165, 1.54) is 6.26 Å². The van der Waals surface area contributed by atoms with Gasteiger partial charge in [0.2, 0.25) is 5.91 Å². The molecule has 9 nitrogen and oxygen atoms in total. The van der Waals surface area contributed by atoms with Gasteiger partial charge in [-0.25, -0.2) is 9.78 Å². The van der Waals surface area contributed by atoms with Gasteiger partial charge in [-0.15, -0.1) is 0 Å². The second kappa shape index (κ2) is 12.5. The van der Waals surface area contributed by atoms with Crippen LogP contribution in [0, 0.1) is 12.8 Å². The Morgan fingerprint density at radius 2 is 1.75 bits per heavy atom. The molecule has 1 atom stereocenters. The molecule has 190 valence electrons. The van der Waals surface area contributed by atoms with E-state index in [9.17, 15) is 14.4 Å². The van der Waals surface area contributed by atoms with Crippen LogP contribution in [0.4, 0.5) is 16.2 Å². The number of nitrogens with zero attached hydrogens (tertiary/aromatic N) is 1. The van der Waals surface area contributed by atoms with E-state index in [1.54, 1.807) is 24.3 Å². The minimum atomic E-state index is -0.921. The SMILES string of the molecule is Cc1ccccc1NC(=O)Nc1ccc(CC(=O)NC(CC(C)C)c2coc(CCC(=O)O)n2)cc1. The van der Waals surface area contributed by atoms with Gasteiger partial charge in [-0.3, -0.25) is 9.59 Å². The third-order valence-corrected chi connectivity index (χ3v) is 5.49. The molecule has 36 heavy (non-hydrogen) atoms. The normalized spacial score (nSPS) is 11.7. The fourth-order valence-corrected chi connectivity index (χ4v) is 3.67. The summed E-state index contributed by atoms with van der Waals surface area (Å²) in [6.45, 7) is 6.01. The van der Waals surface area contributed by atoms with Crippen LogP contribution in [0.3, 0.4) is 0 Å². The van der Waals surface area contributed by atoms with Crippen molar-refractivity contribution in [3.63, 3.8) is 0 Å². The number of rotatable bonds is 11. The average Bonchev–Trinajstić information content (AvgIpc) is 3.29. The lowest BCUT2D eigenvalue weighted by Crippen LogP contribution is -2.31. The van der Waals surface area contributed by atoms with Gasteiger partial charge < -0.3 is 25.5 Å². The number of urea groups is 1. The monoisotopic (exact) mass is 492 g/mol. The zero-order valence-electron chi connectivity index (χ0n) is 20.7. The highest BCUT2D eigenvalue weighted by Crippen LogP contribution is 2.22. The molecule has 0 aliphatic rings. The Kier molecular flexibility index (Phi) is 9.21. The fraction of sp³-hybridized carbons (Fsp3) is 0.333. The Morgan fingerprint density at radius 1 is 1.03 bits per heavy atom. The molecule has 0 saturated heterocycles. The molecule has 9 heteroatoms. The van der Waals surface area contributed by atoms with Crippen molar-refractivity contribution >= 4 is 29.3 Å². The lowest BCUT2D eigenvalue weighted by molar-refractivity contribution is -0.137. The number of para-hydroxylation sites is 1. The van der Waals surface area contributed by atoms with Gasteiger partial charge >= 0.3 is 12.0 Å². The van der Waals surface area contributed by atoms with Gasteiger partial charge in [0.05, 0.1) is 18.9 Å². The largest absolute Gasteiger partial charge is 0.481 e. The lowest BCUT2D eigenvalue weighted by Gasteiger charge is -2.18. The molecule has 1 aromatic heterocycles. The summed E-state index contributed by atoms with van der Waals surface area (Å²) in [6.07, 6.45) is 2.43. The quantitative estimate of drug-likeness (QED) is 0.295. The Balaban J connectivity index is 1.56. The highest BCUT2D eigenvalue weighted by atomic mass is 16.4. The molecule has 4 N–H and O–H groups in total. The summed E-state index contributed by atoms with van der Waals surface area (Å²) in [4.78, 5) is 40.2. The molecule has 3 rings (SSSR count). The number of hydrogen-bond donors (Lipinski definition) is 4. The van der Waals surface area contributed by atoms with Crippen molar-refractivity contribution in [2.24, 2.45) is 5.92 Å². The van der Waals surface area contributed by atoms with Crippen LogP contribution in [0.1, 0.15) is 55.4 Å². The number of hydrogen-bond acceptors (Lipinski definition) is 5. The van der Waals surface area contributed by atoms with Gasteiger partial charge in [0, 0.05) is 17.8 Å². The van der Waals surface area contributed by atoms with Gasteiger partial charge in [-0.1, -0.05) is 44.2 Å². The van der Waals surface area contributed by atoms with Crippen LogP contribution in [0.15, 0.2) is 59.2 Å². The Labute approximate surface area is 210 Å². The zero-order valence-corrected chi connectivity index (χ0v) is 20.7. The summed E-state index contributed by atoms with van der Waals surface area (Å²) in [5.41, 5.74) is 3.69. The maximum atomic E-state index is 12.8.